The molecule has 0 fully saturated rings. The number of amides is 1. The molecule has 0 aliphatic rings. The van der Waals surface area contributed by atoms with E-state index in [4.69, 9.17) is 9.47 Å². The van der Waals surface area contributed by atoms with Crippen LogP contribution in [-0.4, -0.2) is 25.7 Å². The lowest BCUT2D eigenvalue weighted by molar-refractivity contribution is 0.0954. The molecule has 3 aromatic rings. The van der Waals surface area contributed by atoms with E-state index in [1.807, 2.05) is 61.5 Å². The highest BCUT2D eigenvalue weighted by Crippen LogP contribution is 2.14. The number of hydrogen-bond donors (Lipinski definition) is 1. The maximum absolute atomic E-state index is 12.2. The van der Waals surface area contributed by atoms with Crippen LogP contribution in [0.5, 0.6) is 11.5 Å². The van der Waals surface area contributed by atoms with Crippen molar-refractivity contribution in [2.45, 2.75) is 19.8 Å². The molecule has 0 unspecified atom stereocenters. The average Bonchev–Trinajstić information content (AvgIpc) is 2.75. The normalized spacial score (nSPS) is 10.4. The van der Waals surface area contributed by atoms with Crippen LogP contribution in [0.25, 0.3) is 0 Å². The summed E-state index contributed by atoms with van der Waals surface area (Å²) in [5.41, 5.74) is 3.03. The van der Waals surface area contributed by atoms with Crippen molar-refractivity contribution < 1.29 is 14.3 Å². The quantitative estimate of drug-likeness (QED) is 0.506. The fourth-order valence-electron chi connectivity index (χ4n) is 2.91. The van der Waals surface area contributed by atoms with E-state index in [0.29, 0.717) is 25.3 Å². The van der Waals surface area contributed by atoms with Gasteiger partial charge in [-0.2, -0.15) is 0 Å². The summed E-state index contributed by atoms with van der Waals surface area (Å²) in [6.45, 7) is 3.82. The van der Waals surface area contributed by atoms with Gasteiger partial charge in [-0.05, 0) is 60.9 Å². The molecule has 0 aliphatic heterocycles. The van der Waals surface area contributed by atoms with E-state index in [2.05, 4.69) is 17.4 Å². The van der Waals surface area contributed by atoms with Crippen molar-refractivity contribution in [2.24, 2.45) is 0 Å². The summed E-state index contributed by atoms with van der Waals surface area (Å²) in [6.07, 6.45) is 1.61. The van der Waals surface area contributed by atoms with Gasteiger partial charge in [-0.3, -0.25) is 4.79 Å². The zero-order valence-corrected chi connectivity index (χ0v) is 16.8. The van der Waals surface area contributed by atoms with Crippen LogP contribution < -0.4 is 14.8 Å². The van der Waals surface area contributed by atoms with Crippen LogP contribution >= 0.6 is 0 Å². The maximum Gasteiger partial charge on any atom is 0.251 e. The lowest BCUT2D eigenvalue weighted by atomic mass is 10.1. The highest BCUT2D eigenvalue weighted by Gasteiger charge is 2.05. The van der Waals surface area contributed by atoms with E-state index in [1.165, 1.54) is 11.1 Å². The molecule has 150 valence electrons. The summed E-state index contributed by atoms with van der Waals surface area (Å²) in [5.74, 6) is 1.56. The fourth-order valence-corrected chi connectivity index (χ4v) is 2.91. The zero-order valence-electron chi connectivity index (χ0n) is 16.8. The van der Waals surface area contributed by atoms with Crippen LogP contribution in [0.4, 0.5) is 0 Å². The monoisotopic (exact) mass is 389 g/mol. The van der Waals surface area contributed by atoms with Crippen LogP contribution in [0.2, 0.25) is 0 Å². The molecule has 0 spiro atoms. The van der Waals surface area contributed by atoms with Gasteiger partial charge in [0.25, 0.3) is 5.91 Å². The third-order valence-corrected chi connectivity index (χ3v) is 4.47. The number of ether oxygens (including phenoxy) is 2. The van der Waals surface area contributed by atoms with Crippen LogP contribution in [0.1, 0.15) is 27.9 Å². The molecule has 0 atom stereocenters. The van der Waals surface area contributed by atoms with E-state index in [1.54, 1.807) is 12.1 Å². The highest BCUT2D eigenvalue weighted by atomic mass is 16.5. The second-order valence-corrected chi connectivity index (χ2v) is 6.88. The first-order chi connectivity index (χ1) is 14.2. The standard InChI is InChI=1S/C25H27NO3/c1-20-7-5-10-24(19-20)29-18-6-17-28-23-13-11-22(12-14-23)25(27)26-16-15-21-8-3-2-4-9-21/h2-5,7-14,19H,6,15-18H2,1H3,(H,26,27). The molecule has 4 heteroatoms. The minimum absolute atomic E-state index is 0.0703. The number of hydrogen-bond acceptors (Lipinski definition) is 3. The van der Waals surface area contributed by atoms with Crippen molar-refractivity contribution in [2.75, 3.05) is 19.8 Å². The van der Waals surface area contributed by atoms with E-state index < -0.39 is 0 Å². The second kappa shape index (κ2) is 10.9. The first-order valence-electron chi connectivity index (χ1n) is 9.95. The van der Waals surface area contributed by atoms with Crippen molar-refractivity contribution in [3.8, 4) is 11.5 Å². The summed E-state index contributed by atoms with van der Waals surface area (Å²) in [7, 11) is 0. The number of nitrogens with one attached hydrogen (secondary N) is 1. The fraction of sp³-hybridized carbons (Fsp3) is 0.240. The summed E-state index contributed by atoms with van der Waals surface area (Å²) < 4.78 is 11.4. The summed E-state index contributed by atoms with van der Waals surface area (Å²) in [4.78, 5) is 12.2. The van der Waals surface area contributed by atoms with E-state index in [-0.39, 0.29) is 5.91 Å². The maximum atomic E-state index is 12.2. The molecule has 0 saturated heterocycles. The molecule has 4 nitrogen and oxygen atoms in total. The van der Waals surface area contributed by atoms with Gasteiger partial charge in [0.1, 0.15) is 11.5 Å². The molecule has 0 saturated carbocycles. The Morgan fingerprint density at radius 1 is 0.828 bits per heavy atom. The Labute approximate surface area is 172 Å². The zero-order chi connectivity index (χ0) is 20.3. The van der Waals surface area contributed by atoms with E-state index in [0.717, 1.165) is 24.3 Å². The Kier molecular flexibility index (Phi) is 7.70. The Bertz CT molecular complexity index is 891. The van der Waals surface area contributed by atoms with Gasteiger partial charge < -0.3 is 14.8 Å². The lowest BCUT2D eigenvalue weighted by Gasteiger charge is -2.09. The minimum Gasteiger partial charge on any atom is -0.493 e. The molecule has 3 aromatic carbocycles. The Morgan fingerprint density at radius 3 is 2.28 bits per heavy atom. The van der Waals surface area contributed by atoms with E-state index in [9.17, 15) is 4.79 Å². The summed E-state index contributed by atoms with van der Waals surface area (Å²) in [5, 5.41) is 2.95. The number of aryl methyl sites for hydroxylation is 1. The predicted molar refractivity (Wildman–Crippen MR) is 116 cm³/mol. The van der Waals surface area contributed by atoms with Gasteiger partial charge in [0, 0.05) is 18.5 Å². The number of benzene rings is 3. The van der Waals surface area contributed by atoms with Gasteiger partial charge in [-0.25, -0.2) is 0 Å². The van der Waals surface area contributed by atoms with Gasteiger partial charge in [-0.1, -0.05) is 42.5 Å². The summed E-state index contributed by atoms with van der Waals surface area (Å²) in [6, 6.07) is 25.4. The van der Waals surface area contributed by atoms with Gasteiger partial charge in [0.15, 0.2) is 0 Å². The number of rotatable bonds is 10. The smallest absolute Gasteiger partial charge is 0.251 e. The largest absolute Gasteiger partial charge is 0.493 e. The van der Waals surface area contributed by atoms with Crippen molar-refractivity contribution >= 4 is 5.91 Å². The first-order valence-corrected chi connectivity index (χ1v) is 9.95. The molecule has 29 heavy (non-hydrogen) atoms. The molecule has 1 N–H and O–H groups in total. The topological polar surface area (TPSA) is 47.6 Å². The molecule has 0 bridgehead atoms. The average molecular weight is 389 g/mol. The Morgan fingerprint density at radius 2 is 1.55 bits per heavy atom. The van der Waals surface area contributed by atoms with Crippen molar-refractivity contribution in [1.29, 1.82) is 0 Å². The van der Waals surface area contributed by atoms with Crippen LogP contribution in [0, 0.1) is 6.92 Å². The third-order valence-electron chi connectivity index (χ3n) is 4.47. The molecule has 0 heterocycles. The van der Waals surface area contributed by atoms with Crippen LogP contribution in [0.3, 0.4) is 0 Å². The molecular formula is C25H27NO3. The molecule has 1 amide bonds. The van der Waals surface area contributed by atoms with Gasteiger partial charge >= 0.3 is 0 Å². The van der Waals surface area contributed by atoms with E-state index >= 15 is 0 Å². The SMILES string of the molecule is Cc1cccc(OCCCOc2ccc(C(=O)NCCc3ccccc3)cc2)c1. The van der Waals surface area contributed by atoms with Crippen molar-refractivity contribution in [1.82, 2.24) is 5.32 Å². The second-order valence-electron chi connectivity index (χ2n) is 6.88. The Balaban J connectivity index is 1.34. The van der Waals surface area contributed by atoms with Gasteiger partial charge in [-0.15, -0.1) is 0 Å². The minimum atomic E-state index is -0.0703. The van der Waals surface area contributed by atoms with Crippen LogP contribution in [-0.2, 0) is 6.42 Å². The van der Waals surface area contributed by atoms with Gasteiger partial charge in [0.05, 0.1) is 13.2 Å². The first kappa shape index (κ1) is 20.5. The van der Waals surface area contributed by atoms with Crippen molar-refractivity contribution in [3.05, 3.63) is 95.6 Å². The Hall–Kier alpha value is -3.27. The number of carbonyl (C=O) groups is 1. The van der Waals surface area contributed by atoms with Crippen molar-refractivity contribution in [3.63, 3.8) is 0 Å². The molecule has 0 radical (unpaired) electrons. The number of carbonyl (C=O) groups excluding carboxylic acids is 1. The predicted octanol–water partition coefficient (Wildman–Crippen LogP) is 4.82. The molecule has 0 aliphatic carbocycles. The third kappa shape index (κ3) is 7.00. The van der Waals surface area contributed by atoms with Crippen LogP contribution in [0.15, 0.2) is 78.9 Å². The molecule has 3 rings (SSSR count). The molecular weight excluding hydrogens is 362 g/mol. The lowest BCUT2D eigenvalue weighted by Crippen LogP contribution is -2.25. The summed E-state index contributed by atoms with van der Waals surface area (Å²) >= 11 is 0. The van der Waals surface area contributed by atoms with Gasteiger partial charge in [0.2, 0.25) is 0 Å². The molecule has 0 aromatic heterocycles. The highest BCUT2D eigenvalue weighted by molar-refractivity contribution is 5.94.